The Hall–Kier alpha value is -3.27. The molecule has 2 aromatic carbocycles. The van der Waals surface area contributed by atoms with Crippen LogP contribution in [0.1, 0.15) is 27.7 Å². The Labute approximate surface area is 153 Å². The lowest BCUT2D eigenvalue weighted by Gasteiger charge is -2.30. The lowest BCUT2D eigenvalue weighted by molar-refractivity contribution is 0.0954. The number of carbonyl (C=O) groups is 1. The van der Waals surface area contributed by atoms with Crippen LogP contribution >= 0.6 is 0 Å². The molecule has 1 unspecified atom stereocenters. The highest BCUT2D eigenvalue weighted by Gasteiger charge is 2.27. The van der Waals surface area contributed by atoms with Crippen LogP contribution in [0.5, 0.6) is 5.75 Å². The lowest BCUT2D eigenvalue weighted by atomic mass is 10.0. The number of furan rings is 1. The summed E-state index contributed by atoms with van der Waals surface area (Å²) in [6.07, 6.45) is 3.25. The number of hydrogen-bond donors (Lipinski definition) is 0. The normalized spacial score (nSPS) is 11.6. The number of rotatable bonds is 6. The molecular formula is C22H21NO3. The summed E-state index contributed by atoms with van der Waals surface area (Å²) >= 11 is 0. The Balaban J connectivity index is 2.07. The third kappa shape index (κ3) is 3.54. The van der Waals surface area contributed by atoms with E-state index in [9.17, 15) is 4.79 Å². The van der Waals surface area contributed by atoms with Crippen LogP contribution in [-0.2, 0) is 0 Å². The Bertz CT molecular complexity index is 865. The van der Waals surface area contributed by atoms with Crippen molar-refractivity contribution in [1.82, 2.24) is 0 Å². The minimum absolute atomic E-state index is 0.231. The van der Waals surface area contributed by atoms with E-state index >= 15 is 0 Å². The van der Waals surface area contributed by atoms with Gasteiger partial charge in [0.1, 0.15) is 5.75 Å². The van der Waals surface area contributed by atoms with Crippen molar-refractivity contribution in [2.24, 2.45) is 0 Å². The van der Waals surface area contributed by atoms with Crippen LogP contribution in [0.15, 0.2) is 84.0 Å². The SMILES string of the molecule is C=CC(c1ccc(C)cc1)N(C(=O)c1ccco1)c1ccc(OC)cc1. The van der Waals surface area contributed by atoms with Gasteiger partial charge in [-0.1, -0.05) is 35.9 Å². The molecule has 0 spiro atoms. The van der Waals surface area contributed by atoms with Gasteiger partial charge in [0.25, 0.3) is 5.91 Å². The number of nitrogens with zero attached hydrogens (tertiary/aromatic N) is 1. The molecule has 3 aromatic rings. The molecule has 3 rings (SSSR count). The molecule has 0 fully saturated rings. The van der Waals surface area contributed by atoms with E-state index in [1.165, 1.54) is 6.26 Å². The summed E-state index contributed by atoms with van der Waals surface area (Å²) in [6, 6.07) is 18.4. The lowest BCUT2D eigenvalue weighted by Crippen LogP contribution is -2.34. The maximum absolute atomic E-state index is 13.2. The number of amides is 1. The van der Waals surface area contributed by atoms with Gasteiger partial charge in [-0.2, -0.15) is 0 Å². The predicted octanol–water partition coefficient (Wildman–Crippen LogP) is 5.17. The molecule has 0 radical (unpaired) electrons. The van der Waals surface area contributed by atoms with Crippen molar-refractivity contribution in [1.29, 1.82) is 0 Å². The van der Waals surface area contributed by atoms with E-state index in [-0.39, 0.29) is 17.7 Å². The molecule has 0 aliphatic rings. The molecule has 1 amide bonds. The number of anilines is 1. The predicted molar refractivity (Wildman–Crippen MR) is 103 cm³/mol. The number of hydrogen-bond acceptors (Lipinski definition) is 3. The van der Waals surface area contributed by atoms with Gasteiger partial charge in [-0.25, -0.2) is 0 Å². The highest BCUT2D eigenvalue weighted by atomic mass is 16.5. The number of carbonyl (C=O) groups excluding carboxylic acids is 1. The van der Waals surface area contributed by atoms with Crippen LogP contribution in [-0.4, -0.2) is 13.0 Å². The Morgan fingerprint density at radius 2 is 1.81 bits per heavy atom. The summed E-state index contributed by atoms with van der Waals surface area (Å²) in [5, 5.41) is 0. The molecule has 1 heterocycles. The average molecular weight is 347 g/mol. The van der Waals surface area contributed by atoms with Crippen LogP contribution in [0.3, 0.4) is 0 Å². The molecule has 0 N–H and O–H groups in total. The molecule has 0 aliphatic heterocycles. The smallest absolute Gasteiger partial charge is 0.294 e. The van der Waals surface area contributed by atoms with E-state index in [0.717, 1.165) is 22.6 Å². The monoisotopic (exact) mass is 347 g/mol. The van der Waals surface area contributed by atoms with E-state index in [2.05, 4.69) is 6.58 Å². The van der Waals surface area contributed by atoms with Gasteiger partial charge in [0.2, 0.25) is 0 Å². The van der Waals surface area contributed by atoms with Crippen LogP contribution in [0.4, 0.5) is 5.69 Å². The van der Waals surface area contributed by atoms with Gasteiger partial charge in [0.15, 0.2) is 5.76 Å². The first-order chi connectivity index (χ1) is 12.6. The number of benzene rings is 2. The van der Waals surface area contributed by atoms with E-state index in [1.54, 1.807) is 30.2 Å². The van der Waals surface area contributed by atoms with Crippen LogP contribution in [0, 0.1) is 6.92 Å². The van der Waals surface area contributed by atoms with E-state index in [1.807, 2.05) is 55.5 Å². The van der Waals surface area contributed by atoms with Crippen molar-refractivity contribution < 1.29 is 13.9 Å². The second-order valence-corrected chi connectivity index (χ2v) is 5.94. The summed E-state index contributed by atoms with van der Waals surface area (Å²) < 4.78 is 10.6. The average Bonchev–Trinajstić information content (AvgIpc) is 3.21. The quantitative estimate of drug-likeness (QED) is 0.578. The van der Waals surface area contributed by atoms with Gasteiger partial charge in [0.05, 0.1) is 19.4 Å². The molecule has 4 heteroatoms. The summed E-state index contributed by atoms with van der Waals surface area (Å²) in [7, 11) is 1.61. The molecule has 0 saturated carbocycles. The molecule has 0 bridgehead atoms. The van der Waals surface area contributed by atoms with Crippen LogP contribution < -0.4 is 9.64 Å². The minimum atomic E-state index is -0.332. The standard InChI is InChI=1S/C22H21NO3/c1-4-20(17-9-7-16(2)8-10-17)23(22(24)21-6-5-15-26-21)18-11-13-19(25-3)14-12-18/h4-15,20H,1H2,2-3H3. The molecule has 0 saturated heterocycles. The van der Waals surface area contributed by atoms with E-state index in [4.69, 9.17) is 9.15 Å². The molecule has 132 valence electrons. The highest BCUT2D eigenvalue weighted by molar-refractivity contribution is 6.05. The van der Waals surface area contributed by atoms with Gasteiger partial charge >= 0.3 is 0 Å². The van der Waals surface area contributed by atoms with Gasteiger partial charge in [0, 0.05) is 5.69 Å². The first-order valence-corrected chi connectivity index (χ1v) is 8.34. The second-order valence-electron chi connectivity index (χ2n) is 5.94. The van der Waals surface area contributed by atoms with Crippen LogP contribution in [0.25, 0.3) is 0 Å². The summed E-state index contributed by atoms with van der Waals surface area (Å²) in [5.74, 6) is 0.773. The summed E-state index contributed by atoms with van der Waals surface area (Å²) in [6.45, 7) is 5.98. The molecular weight excluding hydrogens is 326 g/mol. The van der Waals surface area contributed by atoms with Gasteiger partial charge < -0.3 is 9.15 Å². The zero-order valence-corrected chi connectivity index (χ0v) is 14.9. The maximum Gasteiger partial charge on any atom is 0.294 e. The van der Waals surface area contributed by atoms with Crippen molar-refractivity contribution >= 4 is 11.6 Å². The third-order valence-electron chi connectivity index (χ3n) is 4.22. The first kappa shape index (κ1) is 17.5. The van der Waals surface area contributed by atoms with Gasteiger partial charge in [-0.3, -0.25) is 9.69 Å². The second kappa shape index (κ2) is 7.74. The van der Waals surface area contributed by atoms with Crippen molar-refractivity contribution in [2.45, 2.75) is 13.0 Å². The zero-order valence-electron chi connectivity index (χ0n) is 14.9. The maximum atomic E-state index is 13.2. The van der Waals surface area contributed by atoms with Crippen molar-refractivity contribution in [2.75, 3.05) is 12.0 Å². The molecule has 4 nitrogen and oxygen atoms in total. The van der Waals surface area contributed by atoms with Crippen molar-refractivity contribution in [3.8, 4) is 5.75 Å². The number of aryl methyl sites for hydroxylation is 1. The molecule has 26 heavy (non-hydrogen) atoms. The topological polar surface area (TPSA) is 42.7 Å². The summed E-state index contributed by atoms with van der Waals surface area (Å²) in [4.78, 5) is 14.8. The highest BCUT2D eigenvalue weighted by Crippen LogP contribution is 2.31. The Morgan fingerprint density at radius 1 is 1.12 bits per heavy atom. The van der Waals surface area contributed by atoms with Crippen molar-refractivity contribution in [3.63, 3.8) is 0 Å². The molecule has 0 aliphatic carbocycles. The zero-order chi connectivity index (χ0) is 18.5. The third-order valence-corrected chi connectivity index (χ3v) is 4.22. The fraction of sp³-hybridized carbons (Fsp3) is 0.136. The largest absolute Gasteiger partial charge is 0.497 e. The van der Waals surface area contributed by atoms with Gasteiger partial charge in [-0.05, 0) is 48.9 Å². The Kier molecular flexibility index (Phi) is 5.23. The van der Waals surface area contributed by atoms with E-state index < -0.39 is 0 Å². The fourth-order valence-electron chi connectivity index (χ4n) is 2.82. The molecule has 1 aromatic heterocycles. The Morgan fingerprint density at radius 3 is 2.35 bits per heavy atom. The van der Waals surface area contributed by atoms with Gasteiger partial charge in [-0.15, -0.1) is 6.58 Å². The number of ether oxygens (including phenoxy) is 1. The van der Waals surface area contributed by atoms with Crippen molar-refractivity contribution in [3.05, 3.63) is 96.5 Å². The summed E-state index contributed by atoms with van der Waals surface area (Å²) in [5.41, 5.74) is 2.86. The molecule has 1 atom stereocenters. The minimum Gasteiger partial charge on any atom is -0.497 e. The van der Waals surface area contributed by atoms with E-state index in [0.29, 0.717) is 0 Å². The first-order valence-electron chi connectivity index (χ1n) is 8.34. The number of methoxy groups -OCH3 is 1. The fourth-order valence-corrected chi connectivity index (χ4v) is 2.82. The van der Waals surface area contributed by atoms with Crippen LogP contribution in [0.2, 0.25) is 0 Å².